The SMILES string of the molecule is CC(C)(c1n[nH]c(CNC(=O)[C@H]2C[C@@H]2c2ccc(-c3ccc(-c4cnn(CC(=O)N5CCC(CN6CCNCC6)CC5)c4)c(Cl)c3)cc2)n1)C(F)(F)F. The Bertz CT molecular complexity index is 1910. The molecular weight excluding hydrogens is 707 g/mol. The van der Waals surface area contributed by atoms with Crippen LogP contribution in [0.15, 0.2) is 54.9 Å². The van der Waals surface area contributed by atoms with Crippen molar-refractivity contribution >= 4 is 23.4 Å². The molecule has 7 rings (SSSR count). The number of piperazine rings is 1. The first-order chi connectivity index (χ1) is 25.4. The quantitative estimate of drug-likeness (QED) is 0.188. The molecule has 1 saturated carbocycles. The van der Waals surface area contributed by atoms with Gasteiger partial charge in [0.25, 0.3) is 0 Å². The van der Waals surface area contributed by atoms with Gasteiger partial charge in [-0.25, -0.2) is 4.98 Å². The molecule has 0 spiro atoms. The van der Waals surface area contributed by atoms with E-state index in [-0.39, 0.29) is 48.4 Å². The number of alkyl halides is 3. The van der Waals surface area contributed by atoms with E-state index in [1.807, 2.05) is 53.6 Å². The second-order valence-electron chi connectivity index (χ2n) is 15.0. The fraction of sp³-hybridized carbons (Fsp3) is 0.500. The number of hydrogen-bond acceptors (Lipinski definition) is 7. The Hall–Kier alpha value is -4.27. The van der Waals surface area contributed by atoms with Crippen LogP contribution in [0.25, 0.3) is 22.3 Å². The van der Waals surface area contributed by atoms with Gasteiger partial charge in [0.05, 0.1) is 12.7 Å². The summed E-state index contributed by atoms with van der Waals surface area (Å²) >= 11 is 6.77. The van der Waals surface area contributed by atoms with Gasteiger partial charge in [0.2, 0.25) is 11.8 Å². The molecule has 2 atom stereocenters. The van der Waals surface area contributed by atoms with Gasteiger partial charge in [-0.1, -0.05) is 48.0 Å². The average molecular weight is 752 g/mol. The van der Waals surface area contributed by atoms with Gasteiger partial charge >= 0.3 is 6.18 Å². The second-order valence-corrected chi connectivity index (χ2v) is 15.4. The van der Waals surface area contributed by atoms with Crippen LogP contribution < -0.4 is 10.6 Å². The number of amides is 2. The van der Waals surface area contributed by atoms with Crippen molar-refractivity contribution in [1.82, 2.24) is 45.4 Å². The maximum absolute atomic E-state index is 13.3. The number of nitrogens with zero attached hydrogens (tertiary/aromatic N) is 6. The summed E-state index contributed by atoms with van der Waals surface area (Å²) in [6.07, 6.45) is 1.86. The highest BCUT2D eigenvalue weighted by Crippen LogP contribution is 2.48. The Kier molecular flexibility index (Phi) is 10.6. The minimum Gasteiger partial charge on any atom is -0.349 e. The van der Waals surface area contributed by atoms with Crippen molar-refractivity contribution < 1.29 is 22.8 Å². The predicted octanol–water partition coefficient (Wildman–Crippen LogP) is 5.39. The maximum Gasteiger partial charge on any atom is 0.401 e. The molecule has 4 heterocycles. The number of H-pyrrole nitrogens is 1. The van der Waals surface area contributed by atoms with Gasteiger partial charge in [0.1, 0.15) is 17.8 Å². The number of piperidine rings is 1. The van der Waals surface area contributed by atoms with Crippen LogP contribution in [0.2, 0.25) is 5.02 Å². The van der Waals surface area contributed by atoms with Crippen molar-refractivity contribution in [3.63, 3.8) is 0 Å². The molecule has 2 saturated heterocycles. The molecule has 1 aliphatic carbocycles. The number of halogens is 4. The first-order valence-corrected chi connectivity index (χ1v) is 18.6. The highest BCUT2D eigenvalue weighted by molar-refractivity contribution is 6.33. The number of carbonyl (C=O) groups is 2. The molecule has 53 heavy (non-hydrogen) atoms. The standard InChI is InChI=1S/C38H45ClF3N9O2/c1-37(2,38(40,41)42)36-46-33(47-48-36)20-44-35(53)31-18-30(31)26-5-3-25(4-6-26)27-7-8-29(32(39)17-27)28-19-45-51(22-28)23-34(52)50-13-9-24(10-14-50)21-49-15-11-43-12-16-49/h3-8,17,19,22,24,30-31,43H,9-16,18,20-21,23H2,1-2H3,(H,44,53)(H,46,47,48)/t30-,31+/m1/s1. The minimum absolute atomic E-state index is 0.0334. The molecule has 282 valence electrons. The Balaban J connectivity index is 0.886. The summed E-state index contributed by atoms with van der Waals surface area (Å²) in [5.41, 5.74) is 2.42. The zero-order valence-corrected chi connectivity index (χ0v) is 30.7. The Morgan fingerprint density at radius 3 is 2.40 bits per heavy atom. The molecule has 2 amide bonds. The number of aromatic amines is 1. The maximum atomic E-state index is 13.3. The predicted molar refractivity (Wildman–Crippen MR) is 195 cm³/mol. The summed E-state index contributed by atoms with van der Waals surface area (Å²) in [5.74, 6) is 0.189. The minimum atomic E-state index is -4.50. The lowest BCUT2D eigenvalue weighted by atomic mass is 9.92. The van der Waals surface area contributed by atoms with Crippen molar-refractivity contribution in [3.05, 3.63) is 77.1 Å². The van der Waals surface area contributed by atoms with E-state index in [9.17, 15) is 22.8 Å². The van der Waals surface area contributed by atoms with Gasteiger partial charge < -0.3 is 20.4 Å². The topological polar surface area (TPSA) is 124 Å². The summed E-state index contributed by atoms with van der Waals surface area (Å²) in [6.45, 7) is 9.21. The highest BCUT2D eigenvalue weighted by Gasteiger charge is 2.51. The molecule has 2 aromatic carbocycles. The zero-order chi connectivity index (χ0) is 37.3. The number of hydrogen-bond donors (Lipinski definition) is 3. The first kappa shape index (κ1) is 37.1. The molecule has 3 fully saturated rings. The van der Waals surface area contributed by atoms with Crippen LogP contribution in [0.3, 0.4) is 0 Å². The number of carbonyl (C=O) groups excluding carboxylic acids is 2. The summed E-state index contributed by atoms with van der Waals surface area (Å²) in [5, 5.41) is 17.4. The van der Waals surface area contributed by atoms with Crippen molar-refractivity contribution in [2.24, 2.45) is 11.8 Å². The Morgan fingerprint density at radius 2 is 1.70 bits per heavy atom. The first-order valence-electron chi connectivity index (χ1n) is 18.3. The fourth-order valence-electron chi connectivity index (χ4n) is 7.24. The molecule has 2 aliphatic heterocycles. The lowest BCUT2D eigenvalue weighted by Crippen LogP contribution is -2.47. The van der Waals surface area contributed by atoms with Crippen molar-refractivity contribution in [2.45, 2.75) is 63.7 Å². The van der Waals surface area contributed by atoms with E-state index in [4.69, 9.17) is 11.6 Å². The van der Waals surface area contributed by atoms with Crippen LogP contribution in [0, 0.1) is 11.8 Å². The van der Waals surface area contributed by atoms with Crippen molar-refractivity contribution in [1.29, 1.82) is 0 Å². The van der Waals surface area contributed by atoms with E-state index in [1.165, 1.54) is 0 Å². The average Bonchev–Trinajstić information content (AvgIpc) is 3.55. The van der Waals surface area contributed by atoms with Gasteiger partial charge in [-0.05, 0) is 67.7 Å². The fourth-order valence-corrected chi connectivity index (χ4v) is 7.53. The molecular formula is C38H45ClF3N9O2. The lowest BCUT2D eigenvalue weighted by molar-refractivity contribution is -0.182. The van der Waals surface area contributed by atoms with Gasteiger partial charge in [-0.15, -0.1) is 0 Å². The van der Waals surface area contributed by atoms with Gasteiger partial charge in [-0.3, -0.25) is 19.4 Å². The molecule has 2 aromatic heterocycles. The lowest BCUT2D eigenvalue weighted by Gasteiger charge is -2.36. The van der Waals surface area contributed by atoms with Crippen LogP contribution in [0.5, 0.6) is 0 Å². The Morgan fingerprint density at radius 1 is 0.981 bits per heavy atom. The molecule has 11 nitrogen and oxygen atoms in total. The van der Waals surface area contributed by atoms with Gasteiger partial charge in [0, 0.05) is 74.1 Å². The number of benzene rings is 2. The molecule has 0 unspecified atom stereocenters. The van der Waals surface area contributed by atoms with Crippen LogP contribution in [0.1, 0.15) is 56.2 Å². The largest absolute Gasteiger partial charge is 0.401 e. The highest BCUT2D eigenvalue weighted by atomic mass is 35.5. The number of likely N-dealkylation sites (tertiary alicyclic amines) is 1. The van der Waals surface area contributed by atoms with Crippen LogP contribution >= 0.6 is 11.6 Å². The second kappa shape index (κ2) is 15.2. The third kappa shape index (κ3) is 8.44. The van der Waals surface area contributed by atoms with E-state index < -0.39 is 11.6 Å². The Labute approximate surface area is 311 Å². The molecule has 3 N–H and O–H groups in total. The number of nitrogens with one attached hydrogen (secondary N) is 3. The third-order valence-electron chi connectivity index (χ3n) is 10.9. The van der Waals surface area contributed by atoms with Crippen molar-refractivity contribution in [2.75, 3.05) is 45.8 Å². The number of aromatic nitrogens is 5. The molecule has 4 aromatic rings. The molecule has 15 heteroatoms. The molecule has 3 aliphatic rings. The number of rotatable bonds is 11. The van der Waals surface area contributed by atoms with Crippen molar-refractivity contribution in [3.8, 4) is 22.3 Å². The van der Waals surface area contributed by atoms with E-state index in [1.54, 1.807) is 10.9 Å². The zero-order valence-electron chi connectivity index (χ0n) is 29.9. The summed E-state index contributed by atoms with van der Waals surface area (Å²) < 4.78 is 41.7. The van der Waals surface area contributed by atoms with Crippen LogP contribution in [-0.2, 0) is 28.1 Å². The monoisotopic (exact) mass is 751 g/mol. The molecule has 0 bridgehead atoms. The van der Waals surface area contributed by atoms with Gasteiger partial charge in [-0.2, -0.15) is 23.4 Å². The van der Waals surface area contributed by atoms with Crippen LogP contribution in [0.4, 0.5) is 13.2 Å². The van der Waals surface area contributed by atoms with E-state index >= 15 is 0 Å². The summed E-state index contributed by atoms with van der Waals surface area (Å²) in [7, 11) is 0. The summed E-state index contributed by atoms with van der Waals surface area (Å²) in [6, 6.07) is 13.9. The normalized spacial score (nSPS) is 20.1. The third-order valence-corrected chi connectivity index (χ3v) is 11.2. The molecule has 0 radical (unpaired) electrons. The van der Waals surface area contributed by atoms with Gasteiger partial charge in [0.15, 0.2) is 5.82 Å². The van der Waals surface area contributed by atoms with E-state index in [2.05, 4.69) is 35.8 Å². The van der Waals surface area contributed by atoms with E-state index in [0.717, 1.165) is 100 Å². The van der Waals surface area contributed by atoms with Crippen LogP contribution in [-0.4, -0.2) is 98.6 Å². The van der Waals surface area contributed by atoms with E-state index in [0.29, 0.717) is 17.4 Å². The summed E-state index contributed by atoms with van der Waals surface area (Å²) in [4.78, 5) is 34.4. The smallest absolute Gasteiger partial charge is 0.349 e.